The van der Waals surface area contributed by atoms with Crippen molar-refractivity contribution in [3.8, 4) is 0 Å². The monoisotopic (exact) mass is 294 g/mol. The molecule has 20 heavy (non-hydrogen) atoms. The van der Waals surface area contributed by atoms with Gasteiger partial charge in [0.15, 0.2) is 0 Å². The smallest absolute Gasteiger partial charge is 0.373 e. The van der Waals surface area contributed by atoms with Gasteiger partial charge in [-0.3, -0.25) is 0 Å². The summed E-state index contributed by atoms with van der Waals surface area (Å²) in [6.45, 7) is 0. The molecule has 106 valence electrons. The van der Waals surface area contributed by atoms with E-state index in [-0.39, 0.29) is 28.9 Å². The van der Waals surface area contributed by atoms with E-state index in [1.54, 1.807) is 16.0 Å². The topological polar surface area (TPSA) is 83.9 Å². The lowest BCUT2D eigenvalue weighted by molar-refractivity contribution is -0.389. The Bertz CT molecular complexity index is 667. The number of nitrogens with zero attached hydrogens (tertiary/aromatic N) is 4. The van der Waals surface area contributed by atoms with Crippen LogP contribution in [0.3, 0.4) is 0 Å². The average Bonchev–Trinajstić information content (AvgIpc) is 2.99. The number of piperidine rings is 1. The van der Waals surface area contributed by atoms with Crippen molar-refractivity contribution >= 4 is 27.9 Å². The Hall–Kier alpha value is -1.67. The fourth-order valence-electron chi connectivity index (χ4n) is 3.60. The van der Waals surface area contributed by atoms with Crippen LogP contribution in [0.15, 0.2) is 11.6 Å². The van der Waals surface area contributed by atoms with Gasteiger partial charge in [0, 0.05) is 17.5 Å². The van der Waals surface area contributed by atoms with Gasteiger partial charge in [-0.2, -0.15) is 9.38 Å². The Morgan fingerprint density at radius 3 is 2.75 bits per heavy atom. The molecule has 8 heteroatoms. The van der Waals surface area contributed by atoms with Crippen molar-refractivity contribution in [1.29, 1.82) is 0 Å². The van der Waals surface area contributed by atoms with E-state index in [1.165, 1.54) is 11.3 Å². The Labute approximate surface area is 118 Å². The summed E-state index contributed by atoms with van der Waals surface area (Å²) in [5.41, 5.74) is 0. The van der Waals surface area contributed by atoms with E-state index in [0.717, 1.165) is 12.8 Å². The minimum atomic E-state index is -0.355. The minimum absolute atomic E-state index is 0.0505. The largest absolute Gasteiger partial charge is 0.393 e. The van der Waals surface area contributed by atoms with Gasteiger partial charge in [0.05, 0.1) is 6.10 Å². The van der Waals surface area contributed by atoms with E-state index in [2.05, 4.69) is 9.88 Å². The molecule has 0 spiro atoms. The molecule has 2 aliphatic rings. The van der Waals surface area contributed by atoms with E-state index >= 15 is 0 Å². The van der Waals surface area contributed by atoms with Gasteiger partial charge in [0.1, 0.15) is 6.20 Å². The number of thiazole rings is 1. The van der Waals surface area contributed by atoms with Crippen molar-refractivity contribution in [3.05, 3.63) is 21.7 Å². The Morgan fingerprint density at radius 1 is 1.40 bits per heavy atom. The summed E-state index contributed by atoms with van der Waals surface area (Å²) < 4.78 is 1.55. The fraction of sp³-hybridized carbons (Fsp3) is 0.583. The van der Waals surface area contributed by atoms with Gasteiger partial charge in [-0.05, 0) is 30.6 Å². The number of anilines is 1. The van der Waals surface area contributed by atoms with Crippen LogP contribution in [0.25, 0.3) is 4.96 Å². The Balaban J connectivity index is 1.84. The first-order valence-electron chi connectivity index (χ1n) is 6.71. The SMILES string of the molecule is O=[N+]([O-])c1c(N2C3CCC2CC(O)C3)nc2sccn12. The molecule has 2 atom stereocenters. The number of rotatable bonds is 2. The van der Waals surface area contributed by atoms with Crippen LogP contribution >= 0.6 is 11.3 Å². The van der Waals surface area contributed by atoms with E-state index in [1.807, 2.05) is 0 Å². The molecule has 4 heterocycles. The molecule has 2 aromatic heterocycles. The summed E-state index contributed by atoms with van der Waals surface area (Å²) in [6.07, 6.45) is 4.72. The van der Waals surface area contributed by atoms with E-state index in [4.69, 9.17) is 0 Å². The van der Waals surface area contributed by atoms with Crippen molar-refractivity contribution in [2.24, 2.45) is 0 Å². The van der Waals surface area contributed by atoms with Crippen LogP contribution in [0.2, 0.25) is 0 Å². The van der Waals surface area contributed by atoms with Gasteiger partial charge < -0.3 is 20.1 Å². The standard InChI is InChI=1S/C12H14N4O3S/c17-9-5-7-1-2-8(6-9)15(7)10-11(16(18)19)14-3-4-20-12(14)13-10/h3-4,7-9,17H,1-2,5-6H2. The molecular weight excluding hydrogens is 280 g/mol. The summed E-state index contributed by atoms with van der Waals surface area (Å²) in [6, 6.07) is 0.346. The molecule has 7 nitrogen and oxygen atoms in total. The molecule has 2 unspecified atom stereocenters. The lowest BCUT2D eigenvalue weighted by Gasteiger charge is -2.36. The molecule has 2 aliphatic heterocycles. The summed E-state index contributed by atoms with van der Waals surface area (Å²) in [7, 11) is 0. The quantitative estimate of drug-likeness (QED) is 0.674. The normalized spacial score (nSPS) is 29.2. The van der Waals surface area contributed by atoms with Gasteiger partial charge in [-0.15, -0.1) is 0 Å². The van der Waals surface area contributed by atoms with Crippen LogP contribution < -0.4 is 4.90 Å². The Kier molecular flexibility index (Phi) is 2.52. The molecule has 0 saturated carbocycles. The van der Waals surface area contributed by atoms with Crippen LogP contribution in [-0.4, -0.2) is 37.6 Å². The summed E-state index contributed by atoms with van der Waals surface area (Å²) in [4.78, 5) is 18.2. The number of fused-ring (bicyclic) bond motifs is 3. The third-order valence-corrected chi connectivity index (χ3v) is 5.10. The molecule has 0 aliphatic carbocycles. The number of hydrogen-bond acceptors (Lipinski definition) is 6. The van der Waals surface area contributed by atoms with Gasteiger partial charge in [0.2, 0.25) is 5.82 Å². The first-order valence-corrected chi connectivity index (χ1v) is 7.59. The van der Waals surface area contributed by atoms with Crippen LogP contribution in [0.5, 0.6) is 0 Å². The number of aliphatic hydroxyl groups is 1. The molecule has 0 amide bonds. The number of aromatic nitrogens is 2. The summed E-state index contributed by atoms with van der Waals surface area (Å²) in [5, 5.41) is 23.1. The average molecular weight is 294 g/mol. The summed E-state index contributed by atoms with van der Waals surface area (Å²) >= 11 is 1.40. The van der Waals surface area contributed by atoms with Crippen molar-refractivity contribution in [2.75, 3.05) is 4.90 Å². The predicted octanol–water partition coefficient (Wildman–Crippen LogP) is 1.80. The lowest BCUT2D eigenvalue weighted by Crippen LogP contribution is -2.45. The molecule has 2 saturated heterocycles. The first-order chi connectivity index (χ1) is 9.65. The van der Waals surface area contributed by atoms with E-state index < -0.39 is 0 Å². The minimum Gasteiger partial charge on any atom is -0.393 e. The highest BCUT2D eigenvalue weighted by Gasteiger charge is 2.44. The number of hydrogen-bond donors (Lipinski definition) is 1. The van der Waals surface area contributed by atoms with Gasteiger partial charge in [-0.1, -0.05) is 11.3 Å². The zero-order chi connectivity index (χ0) is 13.9. The van der Waals surface area contributed by atoms with Crippen LogP contribution in [0, 0.1) is 10.1 Å². The molecule has 0 aromatic carbocycles. The highest BCUT2D eigenvalue weighted by atomic mass is 32.1. The molecule has 2 aromatic rings. The zero-order valence-corrected chi connectivity index (χ0v) is 11.5. The van der Waals surface area contributed by atoms with Crippen molar-refractivity contribution in [1.82, 2.24) is 9.38 Å². The molecule has 0 radical (unpaired) electrons. The van der Waals surface area contributed by atoms with Gasteiger partial charge >= 0.3 is 5.82 Å². The molecule has 2 bridgehead atoms. The third kappa shape index (κ3) is 1.58. The highest BCUT2D eigenvalue weighted by Crippen LogP contribution is 2.43. The second kappa shape index (κ2) is 4.16. The van der Waals surface area contributed by atoms with Gasteiger partial charge in [-0.25, -0.2) is 0 Å². The summed E-state index contributed by atoms with van der Waals surface area (Å²) in [5.74, 6) is 0.524. The maximum Gasteiger partial charge on any atom is 0.373 e. The van der Waals surface area contributed by atoms with Crippen LogP contribution in [0.1, 0.15) is 25.7 Å². The third-order valence-electron chi connectivity index (χ3n) is 4.34. The number of aliphatic hydroxyl groups excluding tert-OH is 1. The van der Waals surface area contributed by atoms with Crippen molar-refractivity contribution in [3.63, 3.8) is 0 Å². The zero-order valence-electron chi connectivity index (χ0n) is 10.7. The second-order valence-corrected chi connectivity index (χ2v) is 6.36. The molecule has 4 rings (SSSR count). The maximum atomic E-state index is 11.4. The molecule has 2 fully saturated rings. The highest BCUT2D eigenvalue weighted by molar-refractivity contribution is 7.15. The Morgan fingerprint density at radius 2 is 2.10 bits per heavy atom. The van der Waals surface area contributed by atoms with E-state index in [9.17, 15) is 15.2 Å². The lowest BCUT2D eigenvalue weighted by atomic mass is 10.00. The molecular formula is C12H14N4O3S. The molecule has 1 N–H and O–H groups in total. The second-order valence-electron chi connectivity index (χ2n) is 5.49. The number of imidazole rings is 1. The van der Waals surface area contributed by atoms with Crippen LogP contribution in [-0.2, 0) is 0 Å². The van der Waals surface area contributed by atoms with Gasteiger partial charge in [0.25, 0.3) is 4.96 Å². The number of nitro groups is 1. The maximum absolute atomic E-state index is 11.4. The van der Waals surface area contributed by atoms with Crippen molar-refractivity contribution in [2.45, 2.75) is 43.9 Å². The van der Waals surface area contributed by atoms with E-state index in [0.29, 0.717) is 23.6 Å². The fourth-order valence-corrected chi connectivity index (χ4v) is 4.30. The first kappa shape index (κ1) is 12.1. The van der Waals surface area contributed by atoms with Crippen LogP contribution in [0.4, 0.5) is 11.6 Å². The predicted molar refractivity (Wildman–Crippen MR) is 74.3 cm³/mol. The van der Waals surface area contributed by atoms with Crippen molar-refractivity contribution < 1.29 is 10.0 Å².